The largest absolute Gasteiger partial charge is 0.493 e. The van der Waals surface area contributed by atoms with Crippen LogP contribution < -0.4 is 14.2 Å². The molecule has 0 atom stereocenters. The first-order valence-corrected chi connectivity index (χ1v) is 10.2. The molecule has 1 aromatic heterocycles. The SMILES string of the molecule is COc1ccc(-c2csc(NS(=O)(=O)c3ccccc3[N+](=O)[O-])n2)cc1OC. The van der Waals surface area contributed by atoms with Crippen molar-refractivity contribution < 1.29 is 22.8 Å². The predicted octanol–water partition coefficient (Wildman–Crippen LogP) is 3.54. The molecule has 28 heavy (non-hydrogen) atoms. The lowest BCUT2D eigenvalue weighted by Gasteiger charge is -2.08. The summed E-state index contributed by atoms with van der Waals surface area (Å²) >= 11 is 1.06. The van der Waals surface area contributed by atoms with Crippen molar-refractivity contribution in [2.45, 2.75) is 4.90 Å². The molecule has 0 radical (unpaired) electrons. The van der Waals surface area contributed by atoms with E-state index < -0.39 is 25.5 Å². The Hall–Kier alpha value is -3.18. The molecule has 0 amide bonds. The van der Waals surface area contributed by atoms with Crippen LogP contribution in [0.15, 0.2) is 52.7 Å². The van der Waals surface area contributed by atoms with Crippen LogP contribution in [-0.2, 0) is 10.0 Å². The summed E-state index contributed by atoms with van der Waals surface area (Å²) in [6.45, 7) is 0. The molecule has 1 N–H and O–H groups in total. The first kappa shape index (κ1) is 19.6. The Labute approximate surface area is 164 Å². The molecule has 0 aliphatic rings. The molecule has 3 aromatic rings. The molecular formula is C17H15N3O6S2. The summed E-state index contributed by atoms with van der Waals surface area (Å²) in [4.78, 5) is 14.2. The fraction of sp³-hybridized carbons (Fsp3) is 0.118. The van der Waals surface area contributed by atoms with Crippen molar-refractivity contribution in [1.82, 2.24) is 4.98 Å². The van der Waals surface area contributed by atoms with Gasteiger partial charge in [-0.3, -0.25) is 14.8 Å². The number of anilines is 1. The highest BCUT2D eigenvalue weighted by Crippen LogP contribution is 2.34. The van der Waals surface area contributed by atoms with Crippen LogP contribution in [0.4, 0.5) is 10.8 Å². The first-order valence-electron chi connectivity index (χ1n) is 7.80. The molecule has 1 heterocycles. The van der Waals surface area contributed by atoms with E-state index in [0.29, 0.717) is 22.8 Å². The van der Waals surface area contributed by atoms with Gasteiger partial charge in [0.15, 0.2) is 21.5 Å². The number of benzene rings is 2. The van der Waals surface area contributed by atoms with Crippen molar-refractivity contribution in [3.8, 4) is 22.8 Å². The summed E-state index contributed by atoms with van der Waals surface area (Å²) in [5.74, 6) is 1.06. The van der Waals surface area contributed by atoms with Crippen LogP contribution in [0.3, 0.4) is 0 Å². The number of nitrogens with zero attached hydrogens (tertiary/aromatic N) is 2. The van der Waals surface area contributed by atoms with Gasteiger partial charge in [-0.2, -0.15) is 0 Å². The summed E-state index contributed by atoms with van der Waals surface area (Å²) in [6, 6.07) is 10.3. The number of rotatable bonds is 7. The van der Waals surface area contributed by atoms with E-state index in [4.69, 9.17) is 9.47 Å². The number of methoxy groups -OCH3 is 2. The van der Waals surface area contributed by atoms with Gasteiger partial charge in [-0.15, -0.1) is 11.3 Å². The number of nitrogens with one attached hydrogen (secondary N) is 1. The van der Waals surface area contributed by atoms with E-state index in [1.165, 1.54) is 32.4 Å². The van der Waals surface area contributed by atoms with E-state index >= 15 is 0 Å². The number of nitro groups is 1. The molecule has 0 unspecified atom stereocenters. The molecule has 0 saturated carbocycles. The minimum absolute atomic E-state index is 0.0861. The molecule has 0 fully saturated rings. The molecule has 146 valence electrons. The standard InChI is InChI=1S/C17H15N3O6S2/c1-25-14-8-7-11(9-15(14)26-2)12-10-27-17(18-12)19-28(23,24)16-6-4-3-5-13(16)20(21)22/h3-10H,1-2H3,(H,18,19). The zero-order valence-electron chi connectivity index (χ0n) is 14.8. The average molecular weight is 421 g/mol. The number of nitro benzene ring substituents is 1. The Balaban J connectivity index is 1.90. The third-order valence-corrected chi connectivity index (χ3v) is 6.03. The second-order valence-corrected chi connectivity index (χ2v) is 7.95. The lowest BCUT2D eigenvalue weighted by Crippen LogP contribution is -2.14. The molecule has 0 aliphatic heterocycles. The summed E-state index contributed by atoms with van der Waals surface area (Å²) < 4.78 is 37.9. The van der Waals surface area contributed by atoms with Gasteiger partial charge in [-0.25, -0.2) is 13.4 Å². The van der Waals surface area contributed by atoms with E-state index in [1.54, 1.807) is 23.6 Å². The zero-order valence-corrected chi connectivity index (χ0v) is 16.4. The average Bonchev–Trinajstić information content (AvgIpc) is 3.15. The van der Waals surface area contributed by atoms with Crippen LogP contribution in [0.1, 0.15) is 0 Å². The summed E-state index contributed by atoms with van der Waals surface area (Å²) in [5.41, 5.74) is 0.711. The second-order valence-electron chi connectivity index (χ2n) is 5.44. The van der Waals surface area contributed by atoms with Gasteiger partial charge < -0.3 is 9.47 Å². The summed E-state index contributed by atoms with van der Waals surface area (Å²) in [7, 11) is -1.14. The van der Waals surface area contributed by atoms with Crippen molar-refractivity contribution >= 4 is 32.2 Å². The lowest BCUT2D eigenvalue weighted by atomic mass is 10.1. The van der Waals surface area contributed by atoms with Gasteiger partial charge in [0.1, 0.15) is 0 Å². The van der Waals surface area contributed by atoms with Crippen LogP contribution in [0.2, 0.25) is 0 Å². The zero-order chi connectivity index (χ0) is 20.3. The molecular weight excluding hydrogens is 406 g/mol. The third-order valence-electron chi connectivity index (χ3n) is 3.76. The topological polar surface area (TPSA) is 121 Å². The fourth-order valence-corrected chi connectivity index (χ4v) is 4.60. The quantitative estimate of drug-likeness (QED) is 0.457. The normalized spacial score (nSPS) is 11.1. The van der Waals surface area contributed by atoms with Gasteiger partial charge in [0.2, 0.25) is 0 Å². The minimum atomic E-state index is -4.17. The Kier molecular flexibility index (Phi) is 5.47. The Bertz CT molecular complexity index is 1130. The number of sulfonamides is 1. The van der Waals surface area contributed by atoms with E-state index in [-0.39, 0.29) is 5.13 Å². The van der Waals surface area contributed by atoms with E-state index in [1.807, 2.05) is 0 Å². The van der Waals surface area contributed by atoms with Gasteiger partial charge in [0.05, 0.1) is 24.8 Å². The fourth-order valence-electron chi connectivity index (χ4n) is 2.45. The molecule has 11 heteroatoms. The second kappa shape index (κ2) is 7.82. The van der Waals surface area contributed by atoms with E-state index in [2.05, 4.69) is 9.71 Å². The first-order chi connectivity index (χ1) is 13.4. The van der Waals surface area contributed by atoms with E-state index in [9.17, 15) is 18.5 Å². The third kappa shape index (κ3) is 3.89. The lowest BCUT2D eigenvalue weighted by molar-refractivity contribution is -0.387. The van der Waals surface area contributed by atoms with Crippen LogP contribution in [0.25, 0.3) is 11.3 Å². The molecule has 0 bridgehead atoms. The Morgan fingerprint density at radius 1 is 1.11 bits per heavy atom. The van der Waals surface area contributed by atoms with Crippen molar-refractivity contribution in [3.05, 3.63) is 58.0 Å². The maximum absolute atomic E-state index is 12.6. The number of hydrogen-bond donors (Lipinski definition) is 1. The Morgan fingerprint density at radius 2 is 1.82 bits per heavy atom. The number of hydrogen-bond acceptors (Lipinski definition) is 8. The van der Waals surface area contributed by atoms with Crippen LogP contribution in [0.5, 0.6) is 11.5 Å². The van der Waals surface area contributed by atoms with Gasteiger partial charge in [0, 0.05) is 17.0 Å². The van der Waals surface area contributed by atoms with Gasteiger partial charge in [-0.1, -0.05) is 12.1 Å². The highest BCUT2D eigenvalue weighted by molar-refractivity contribution is 7.93. The smallest absolute Gasteiger partial charge is 0.289 e. The Morgan fingerprint density at radius 3 is 2.50 bits per heavy atom. The van der Waals surface area contributed by atoms with Crippen molar-refractivity contribution in [3.63, 3.8) is 0 Å². The van der Waals surface area contributed by atoms with Gasteiger partial charge in [-0.05, 0) is 24.3 Å². The summed E-state index contributed by atoms with van der Waals surface area (Å²) in [6.07, 6.45) is 0. The summed E-state index contributed by atoms with van der Waals surface area (Å²) in [5, 5.41) is 12.9. The maximum atomic E-state index is 12.6. The number of thiazole rings is 1. The van der Waals surface area contributed by atoms with Crippen molar-refractivity contribution in [2.24, 2.45) is 0 Å². The number of ether oxygens (including phenoxy) is 2. The highest BCUT2D eigenvalue weighted by atomic mass is 32.2. The van der Waals surface area contributed by atoms with Crippen molar-refractivity contribution in [1.29, 1.82) is 0 Å². The highest BCUT2D eigenvalue weighted by Gasteiger charge is 2.26. The van der Waals surface area contributed by atoms with Crippen LogP contribution in [-0.4, -0.2) is 32.5 Å². The van der Waals surface area contributed by atoms with E-state index in [0.717, 1.165) is 17.4 Å². The maximum Gasteiger partial charge on any atom is 0.289 e. The molecule has 9 nitrogen and oxygen atoms in total. The molecule has 0 aliphatic carbocycles. The molecule has 0 saturated heterocycles. The van der Waals surface area contributed by atoms with Crippen LogP contribution in [0, 0.1) is 10.1 Å². The van der Waals surface area contributed by atoms with Gasteiger partial charge >= 0.3 is 0 Å². The number of aromatic nitrogens is 1. The molecule has 0 spiro atoms. The minimum Gasteiger partial charge on any atom is -0.493 e. The molecule has 2 aromatic carbocycles. The van der Waals surface area contributed by atoms with Crippen LogP contribution >= 0.6 is 11.3 Å². The van der Waals surface area contributed by atoms with Gasteiger partial charge in [0.25, 0.3) is 15.7 Å². The molecule has 3 rings (SSSR count). The monoisotopic (exact) mass is 421 g/mol. The van der Waals surface area contributed by atoms with Crippen molar-refractivity contribution in [2.75, 3.05) is 18.9 Å². The number of para-hydroxylation sites is 1. The predicted molar refractivity (Wildman–Crippen MR) is 105 cm³/mol.